The maximum absolute atomic E-state index is 8.61. The van der Waals surface area contributed by atoms with Crippen molar-refractivity contribution in [3.05, 3.63) is 35.4 Å². The van der Waals surface area contributed by atoms with E-state index in [2.05, 4.69) is 41.7 Å². The summed E-state index contributed by atoms with van der Waals surface area (Å²) in [6, 6.07) is 8.58. The van der Waals surface area contributed by atoms with Crippen LogP contribution in [0.4, 0.5) is 0 Å². The van der Waals surface area contributed by atoms with Crippen LogP contribution >= 0.6 is 0 Å². The van der Waals surface area contributed by atoms with Gasteiger partial charge in [-0.15, -0.1) is 0 Å². The molecule has 2 N–H and O–H groups in total. The molecular formula is C13H20N2O. The Bertz CT molecular complexity index is 315. The van der Waals surface area contributed by atoms with Crippen molar-refractivity contribution in [3.63, 3.8) is 0 Å². The summed E-state index contributed by atoms with van der Waals surface area (Å²) in [6.07, 6.45) is 2.52. The van der Waals surface area contributed by atoms with Crippen LogP contribution in [0.15, 0.2) is 24.3 Å². The van der Waals surface area contributed by atoms with Crippen molar-refractivity contribution in [2.45, 2.75) is 25.3 Å². The Balaban J connectivity index is 1.98. The van der Waals surface area contributed by atoms with E-state index in [0.29, 0.717) is 12.5 Å². The van der Waals surface area contributed by atoms with Crippen LogP contribution in [0, 0.1) is 0 Å². The van der Waals surface area contributed by atoms with Crippen molar-refractivity contribution < 1.29 is 5.21 Å². The van der Waals surface area contributed by atoms with Gasteiger partial charge in [0.2, 0.25) is 0 Å². The molecule has 1 saturated heterocycles. The van der Waals surface area contributed by atoms with Crippen molar-refractivity contribution in [2.24, 2.45) is 0 Å². The number of piperidine rings is 1. The zero-order valence-electron chi connectivity index (χ0n) is 9.82. The van der Waals surface area contributed by atoms with Gasteiger partial charge in [-0.05, 0) is 50.0 Å². The fraction of sp³-hybridized carbons (Fsp3) is 0.538. The minimum absolute atomic E-state index is 0.522. The van der Waals surface area contributed by atoms with E-state index in [4.69, 9.17) is 5.21 Å². The minimum Gasteiger partial charge on any atom is -0.316 e. The van der Waals surface area contributed by atoms with E-state index < -0.39 is 0 Å². The highest BCUT2D eigenvalue weighted by atomic mass is 16.5. The van der Waals surface area contributed by atoms with Crippen molar-refractivity contribution in [3.8, 4) is 0 Å². The zero-order valence-corrected chi connectivity index (χ0v) is 9.82. The van der Waals surface area contributed by atoms with Gasteiger partial charge in [0.15, 0.2) is 0 Å². The Labute approximate surface area is 97.0 Å². The summed E-state index contributed by atoms with van der Waals surface area (Å²) in [5.41, 5.74) is 4.75. The van der Waals surface area contributed by atoms with Crippen LogP contribution in [-0.2, 0) is 6.54 Å². The molecule has 1 aliphatic heterocycles. The van der Waals surface area contributed by atoms with E-state index in [-0.39, 0.29) is 0 Å². The SMILES string of the molecule is CN1CCC(c2ccc(CNO)cc2)CC1. The van der Waals surface area contributed by atoms with Crippen LogP contribution < -0.4 is 5.48 Å². The Morgan fingerprint density at radius 3 is 2.44 bits per heavy atom. The topological polar surface area (TPSA) is 35.5 Å². The van der Waals surface area contributed by atoms with Gasteiger partial charge in [-0.3, -0.25) is 0 Å². The lowest BCUT2D eigenvalue weighted by Gasteiger charge is -2.29. The fourth-order valence-corrected chi connectivity index (χ4v) is 2.34. The molecule has 0 spiro atoms. The van der Waals surface area contributed by atoms with E-state index in [1.807, 2.05) is 0 Å². The standard InChI is InChI=1S/C13H20N2O/c1-15-8-6-13(7-9-15)12-4-2-11(3-5-12)10-14-16/h2-5,13-14,16H,6-10H2,1H3. The highest BCUT2D eigenvalue weighted by Gasteiger charge is 2.17. The van der Waals surface area contributed by atoms with Gasteiger partial charge >= 0.3 is 0 Å². The minimum atomic E-state index is 0.522. The van der Waals surface area contributed by atoms with E-state index in [1.165, 1.54) is 31.5 Å². The fourth-order valence-electron chi connectivity index (χ4n) is 2.34. The van der Waals surface area contributed by atoms with Crippen LogP contribution in [0.25, 0.3) is 0 Å². The smallest absolute Gasteiger partial charge is 0.0458 e. The monoisotopic (exact) mass is 220 g/mol. The third-order valence-corrected chi connectivity index (χ3v) is 3.45. The van der Waals surface area contributed by atoms with Crippen LogP contribution in [0.1, 0.15) is 29.9 Å². The lowest BCUT2D eigenvalue weighted by atomic mass is 9.89. The van der Waals surface area contributed by atoms with Gasteiger partial charge in [0.1, 0.15) is 0 Å². The summed E-state index contributed by atoms with van der Waals surface area (Å²) in [4.78, 5) is 2.39. The highest BCUT2D eigenvalue weighted by molar-refractivity contribution is 5.25. The van der Waals surface area contributed by atoms with Gasteiger partial charge in [0.25, 0.3) is 0 Å². The first-order chi connectivity index (χ1) is 7.79. The molecule has 0 bridgehead atoms. The Hall–Kier alpha value is -0.900. The Morgan fingerprint density at radius 1 is 1.25 bits per heavy atom. The van der Waals surface area contributed by atoms with Crippen molar-refractivity contribution >= 4 is 0 Å². The van der Waals surface area contributed by atoms with Gasteiger partial charge in [-0.1, -0.05) is 24.3 Å². The predicted molar refractivity (Wildman–Crippen MR) is 64.5 cm³/mol. The molecule has 1 aromatic carbocycles. The molecule has 88 valence electrons. The van der Waals surface area contributed by atoms with Gasteiger partial charge < -0.3 is 10.1 Å². The van der Waals surface area contributed by atoms with Crippen LogP contribution in [-0.4, -0.2) is 30.2 Å². The second-order valence-electron chi connectivity index (χ2n) is 4.65. The van der Waals surface area contributed by atoms with Crippen LogP contribution in [0.3, 0.4) is 0 Å². The molecule has 1 heterocycles. The molecule has 0 saturated carbocycles. The van der Waals surface area contributed by atoms with Gasteiger partial charge in [0.05, 0.1) is 0 Å². The predicted octanol–water partition coefficient (Wildman–Crippen LogP) is 1.97. The number of benzene rings is 1. The largest absolute Gasteiger partial charge is 0.316 e. The number of hydroxylamine groups is 1. The average Bonchev–Trinajstić information content (AvgIpc) is 2.32. The molecule has 1 fully saturated rings. The summed E-state index contributed by atoms with van der Waals surface area (Å²) in [7, 11) is 2.19. The van der Waals surface area contributed by atoms with E-state index in [0.717, 1.165) is 5.56 Å². The molecule has 0 atom stereocenters. The molecule has 16 heavy (non-hydrogen) atoms. The summed E-state index contributed by atoms with van der Waals surface area (Å²) in [5, 5.41) is 8.61. The number of hydrogen-bond donors (Lipinski definition) is 2. The first kappa shape index (κ1) is 11.6. The maximum atomic E-state index is 8.61. The first-order valence-corrected chi connectivity index (χ1v) is 5.94. The molecule has 0 aliphatic carbocycles. The van der Waals surface area contributed by atoms with Gasteiger partial charge in [-0.2, -0.15) is 0 Å². The molecule has 1 aromatic rings. The second kappa shape index (κ2) is 5.43. The Morgan fingerprint density at radius 2 is 1.88 bits per heavy atom. The summed E-state index contributed by atoms with van der Waals surface area (Å²) >= 11 is 0. The van der Waals surface area contributed by atoms with Crippen molar-refractivity contribution in [1.29, 1.82) is 0 Å². The average molecular weight is 220 g/mol. The molecule has 3 nitrogen and oxygen atoms in total. The van der Waals surface area contributed by atoms with Crippen LogP contribution in [0.5, 0.6) is 0 Å². The summed E-state index contributed by atoms with van der Waals surface area (Å²) in [5.74, 6) is 0.715. The highest BCUT2D eigenvalue weighted by Crippen LogP contribution is 2.27. The van der Waals surface area contributed by atoms with Crippen LogP contribution in [0.2, 0.25) is 0 Å². The third-order valence-electron chi connectivity index (χ3n) is 3.45. The number of likely N-dealkylation sites (tertiary alicyclic amines) is 1. The normalized spacial score (nSPS) is 18.9. The number of rotatable bonds is 3. The molecule has 0 amide bonds. The lowest BCUT2D eigenvalue weighted by molar-refractivity contribution is 0.161. The zero-order chi connectivity index (χ0) is 11.4. The molecule has 0 aromatic heterocycles. The lowest BCUT2D eigenvalue weighted by Crippen LogP contribution is -2.29. The van der Waals surface area contributed by atoms with E-state index in [1.54, 1.807) is 0 Å². The van der Waals surface area contributed by atoms with Gasteiger partial charge in [-0.25, -0.2) is 5.48 Å². The third kappa shape index (κ3) is 2.82. The molecular weight excluding hydrogens is 200 g/mol. The summed E-state index contributed by atoms with van der Waals surface area (Å²) < 4.78 is 0. The van der Waals surface area contributed by atoms with Crippen molar-refractivity contribution in [1.82, 2.24) is 10.4 Å². The molecule has 0 radical (unpaired) electrons. The Kier molecular flexibility index (Phi) is 3.93. The number of hydrogen-bond acceptors (Lipinski definition) is 3. The number of nitrogens with zero attached hydrogens (tertiary/aromatic N) is 1. The molecule has 2 rings (SSSR count). The van der Waals surface area contributed by atoms with Crippen molar-refractivity contribution in [2.75, 3.05) is 20.1 Å². The molecule has 3 heteroatoms. The summed E-state index contributed by atoms with van der Waals surface area (Å²) in [6.45, 7) is 2.92. The second-order valence-corrected chi connectivity index (χ2v) is 4.65. The molecule has 0 unspecified atom stereocenters. The first-order valence-electron chi connectivity index (χ1n) is 5.94. The maximum Gasteiger partial charge on any atom is 0.0458 e. The van der Waals surface area contributed by atoms with E-state index >= 15 is 0 Å². The number of nitrogens with one attached hydrogen (secondary N) is 1. The molecule has 1 aliphatic rings. The quantitative estimate of drug-likeness (QED) is 0.765. The van der Waals surface area contributed by atoms with E-state index in [9.17, 15) is 0 Å². The van der Waals surface area contributed by atoms with Gasteiger partial charge in [0, 0.05) is 6.54 Å².